The second-order valence-corrected chi connectivity index (χ2v) is 8.59. The van der Waals surface area contributed by atoms with Crippen LogP contribution < -0.4 is 10.6 Å². The van der Waals surface area contributed by atoms with Crippen LogP contribution in [0.3, 0.4) is 0 Å². The van der Waals surface area contributed by atoms with Crippen molar-refractivity contribution in [2.24, 2.45) is 13.0 Å². The Bertz CT molecular complexity index is 1070. The minimum atomic E-state index is -0.600. The van der Waals surface area contributed by atoms with Crippen LogP contribution in [0.2, 0.25) is 0 Å². The Balaban J connectivity index is 1.50. The first kappa shape index (κ1) is 21.8. The molecule has 1 atom stereocenters. The topological polar surface area (TPSA) is 105 Å². The molecule has 2 aromatic heterocycles. The van der Waals surface area contributed by atoms with Crippen LogP contribution >= 0.6 is 0 Å². The molecule has 2 amide bonds. The third-order valence-corrected chi connectivity index (χ3v) is 6.28. The zero-order valence-corrected chi connectivity index (χ0v) is 18.8. The van der Waals surface area contributed by atoms with Gasteiger partial charge in [0.05, 0.1) is 5.69 Å². The molecule has 1 saturated carbocycles. The Morgan fingerprint density at radius 2 is 1.84 bits per heavy atom. The highest BCUT2D eigenvalue weighted by Gasteiger charge is 2.32. The van der Waals surface area contributed by atoms with E-state index in [-0.39, 0.29) is 17.7 Å². The van der Waals surface area contributed by atoms with Gasteiger partial charge in [-0.2, -0.15) is 5.10 Å². The lowest BCUT2D eigenvalue weighted by Gasteiger charge is -2.30. The number of anilines is 1. The van der Waals surface area contributed by atoms with Gasteiger partial charge in [-0.1, -0.05) is 31.4 Å². The van der Waals surface area contributed by atoms with Gasteiger partial charge < -0.3 is 15.2 Å². The summed E-state index contributed by atoms with van der Waals surface area (Å²) in [4.78, 5) is 30.2. The Labute approximate surface area is 187 Å². The van der Waals surface area contributed by atoms with Crippen LogP contribution in [0, 0.1) is 19.8 Å². The second kappa shape index (κ2) is 9.38. The average Bonchev–Trinajstić information content (AvgIpc) is 3.37. The fourth-order valence-corrected chi connectivity index (χ4v) is 4.57. The number of hydrogen-bond acceptors (Lipinski definition) is 4. The van der Waals surface area contributed by atoms with Crippen molar-refractivity contribution >= 4 is 17.5 Å². The van der Waals surface area contributed by atoms with Crippen molar-refractivity contribution < 1.29 is 9.59 Å². The number of aryl methyl sites for hydroxylation is 3. The minimum Gasteiger partial charge on any atom is -0.337 e. The van der Waals surface area contributed by atoms with Gasteiger partial charge in [-0.05, 0) is 50.3 Å². The van der Waals surface area contributed by atoms with Crippen molar-refractivity contribution in [2.75, 3.05) is 5.32 Å². The van der Waals surface area contributed by atoms with Crippen LogP contribution in [0.15, 0.2) is 36.7 Å². The number of imidazole rings is 1. The van der Waals surface area contributed by atoms with E-state index in [1.165, 1.54) is 6.42 Å². The Hall–Kier alpha value is -3.42. The van der Waals surface area contributed by atoms with Gasteiger partial charge in [-0.25, -0.2) is 4.98 Å². The standard InChI is InChI=1S/C24H30N6O2/c1-15-20(16(2)29-28-15)17-9-11-19(12-10-17)26-23(31)21(18-7-5-4-6-8-18)27-24(32)22-25-13-14-30(22)3/h9-14,18,21H,4-8H2,1-3H3,(H,26,31)(H,27,32)(H,28,29)/t21-/m0/s1. The van der Waals surface area contributed by atoms with E-state index < -0.39 is 6.04 Å². The van der Waals surface area contributed by atoms with Crippen LogP contribution in [0.4, 0.5) is 5.69 Å². The molecule has 3 aromatic rings. The summed E-state index contributed by atoms with van der Waals surface area (Å²) in [5.74, 6) is -0.107. The van der Waals surface area contributed by atoms with E-state index in [1.54, 1.807) is 24.0 Å². The molecule has 4 rings (SSSR count). The lowest BCUT2D eigenvalue weighted by atomic mass is 9.83. The molecule has 2 heterocycles. The summed E-state index contributed by atoms with van der Waals surface area (Å²) < 4.78 is 1.66. The van der Waals surface area contributed by atoms with Gasteiger partial charge in [0, 0.05) is 36.4 Å². The number of nitrogens with one attached hydrogen (secondary N) is 3. The summed E-state index contributed by atoms with van der Waals surface area (Å²) in [5, 5.41) is 13.2. The molecule has 0 aliphatic heterocycles. The average molecular weight is 435 g/mol. The first-order chi connectivity index (χ1) is 15.4. The highest BCUT2D eigenvalue weighted by molar-refractivity contribution is 6.00. The molecule has 0 bridgehead atoms. The third kappa shape index (κ3) is 4.59. The highest BCUT2D eigenvalue weighted by Crippen LogP contribution is 2.29. The van der Waals surface area contributed by atoms with Crippen LogP contribution in [-0.2, 0) is 11.8 Å². The smallest absolute Gasteiger partial charge is 0.287 e. The van der Waals surface area contributed by atoms with Gasteiger partial charge in [0.25, 0.3) is 5.91 Å². The molecule has 0 spiro atoms. The van der Waals surface area contributed by atoms with Crippen molar-refractivity contribution in [3.63, 3.8) is 0 Å². The zero-order chi connectivity index (χ0) is 22.7. The summed E-state index contributed by atoms with van der Waals surface area (Å²) in [7, 11) is 1.77. The SMILES string of the molecule is Cc1n[nH]c(C)c1-c1ccc(NC(=O)[C@@H](NC(=O)c2nccn2C)C2CCCCC2)cc1. The Kier molecular flexibility index (Phi) is 6.39. The van der Waals surface area contributed by atoms with E-state index in [1.807, 2.05) is 38.1 Å². The summed E-state index contributed by atoms with van der Waals surface area (Å²) in [5.41, 5.74) is 4.76. The van der Waals surface area contributed by atoms with Crippen LogP contribution in [0.1, 0.15) is 54.1 Å². The third-order valence-electron chi connectivity index (χ3n) is 6.28. The monoisotopic (exact) mass is 434 g/mol. The molecule has 1 aliphatic carbocycles. The predicted octanol–water partition coefficient (Wildman–Crippen LogP) is 3.74. The van der Waals surface area contributed by atoms with Crippen molar-refractivity contribution in [3.8, 4) is 11.1 Å². The largest absolute Gasteiger partial charge is 0.337 e. The van der Waals surface area contributed by atoms with Gasteiger partial charge in [-0.3, -0.25) is 14.7 Å². The Morgan fingerprint density at radius 1 is 1.12 bits per heavy atom. The number of hydrogen-bond donors (Lipinski definition) is 3. The number of aromatic amines is 1. The summed E-state index contributed by atoms with van der Waals surface area (Å²) in [6.07, 6.45) is 8.47. The number of benzene rings is 1. The van der Waals surface area contributed by atoms with Crippen molar-refractivity contribution in [3.05, 3.63) is 53.9 Å². The van der Waals surface area contributed by atoms with Gasteiger partial charge in [-0.15, -0.1) is 0 Å². The van der Waals surface area contributed by atoms with Gasteiger partial charge in [0.15, 0.2) is 5.82 Å². The molecule has 3 N–H and O–H groups in total. The number of rotatable bonds is 6. The number of amides is 2. The maximum absolute atomic E-state index is 13.3. The molecule has 168 valence electrons. The maximum Gasteiger partial charge on any atom is 0.287 e. The van der Waals surface area contributed by atoms with E-state index in [0.717, 1.165) is 48.2 Å². The summed E-state index contributed by atoms with van der Waals surface area (Å²) >= 11 is 0. The van der Waals surface area contributed by atoms with Crippen molar-refractivity contribution in [1.82, 2.24) is 25.1 Å². The summed E-state index contributed by atoms with van der Waals surface area (Å²) in [6.45, 7) is 3.96. The van der Waals surface area contributed by atoms with Crippen molar-refractivity contribution in [2.45, 2.75) is 52.0 Å². The van der Waals surface area contributed by atoms with E-state index in [4.69, 9.17) is 0 Å². The fraction of sp³-hybridized carbons (Fsp3) is 0.417. The number of carbonyl (C=O) groups excluding carboxylic acids is 2. The Morgan fingerprint density at radius 3 is 2.44 bits per heavy atom. The minimum absolute atomic E-state index is 0.114. The molecule has 1 fully saturated rings. The van der Waals surface area contributed by atoms with Gasteiger partial charge >= 0.3 is 0 Å². The lowest BCUT2D eigenvalue weighted by molar-refractivity contribution is -0.119. The molecule has 1 aromatic carbocycles. The molecule has 0 saturated heterocycles. The predicted molar refractivity (Wildman–Crippen MR) is 123 cm³/mol. The fourth-order valence-electron chi connectivity index (χ4n) is 4.57. The van der Waals surface area contributed by atoms with E-state index in [9.17, 15) is 9.59 Å². The molecule has 0 radical (unpaired) electrons. The quantitative estimate of drug-likeness (QED) is 0.550. The number of aromatic nitrogens is 4. The van der Waals surface area contributed by atoms with E-state index >= 15 is 0 Å². The second-order valence-electron chi connectivity index (χ2n) is 8.59. The van der Waals surface area contributed by atoms with Crippen LogP contribution in [0.25, 0.3) is 11.1 Å². The van der Waals surface area contributed by atoms with Crippen molar-refractivity contribution in [1.29, 1.82) is 0 Å². The molecule has 8 heteroatoms. The molecular weight excluding hydrogens is 404 g/mol. The van der Waals surface area contributed by atoms with Crippen LogP contribution in [0.5, 0.6) is 0 Å². The van der Waals surface area contributed by atoms with Crippen LogP contribution in [-0.4, -0.2) is 37.6 Å². The maximum atomic E-state index is 13.3. The van der Waals surface area contributed by atoms with E-state index in [0.29, 0.717) is 11.5 Å². The van der Waals surface area contributed by atoms with Gasteiger partial charge in [0.1, 0.15) is 6.04 Å². The zero-order valence-electron chi connectivity index (χ0n) is 18.8. The van der Waals surface area contributed by atoms with Gasteiger partial charge in [0.2, 0.25) is 5.91 Å². The molecule has 32 heavy (non-hydrogen) atoms. The van der Waals surface area contributed by atoms with E-state index in [2.05, 4.69) is 25.8 Å². The molecule has 8 nitrogen and oxygen atoms in total. The first-order valence-electron chi connectivity index (χ1n) is 11.1. The molecular formula is C24H30N6O2. The number of carbonyl (C=O) groups is 2. The lowest BCUT2D eigenvalue weighted by Crippen LogP contribution is -2.49. The molecule has 1 aliphatic rings. The molecule has 0 unspecified atom stereocenters. The number of nitrogens with zero attached hydrogens (tertiary/aromatic N) is 3. The normalized spacial score (nSPS) is 15.3. The summed E-state index contributed by atoms with van der Waals surface area (Å²) in [6, 6.07) is 7.12. The highest BCUT2D eigenvalue weighted by atomic mass is 16.2. The first-order valence-corrected chi connectivity index (χ1v) is 11.1. The number of H-pyrrole nitrogens is 1.